The molecule has 0 radical (unpaired) electrons. The zero-order valence-corrected chi connectivity index (χ0v) is 6.17. The molecule has 0 saturated carbocycles. The van der Waals surface area contributed by atoms with E-state index in [1.165, 1.54) is 0 Å². The Kier molecular flexibility index (Phi) is 2.46. The Morgan fingerprint density at radius 3 is 3.00 bits per heavy atom. The number of carboxylic acids is 1. The molecule has 1 aliphatic heterocycles. The highest BCUT2D eigenvalue weighted by Gasteiger charge is 2.20. The quantitative estimate of drug-likeness (QED) is 0.592. The van der Waals surface area contributed by atoms with Crippen LogP contribution in [-0.2, 0) is 9.59 Å². The lowest BCUT2D eigenvalue weighted by Crippen LogP contribution is -2.34. The van der Waals surface area contributed by atoms with E-state index >= 15 is 0 Å². The second-order valence-corrected chi connectivity index (χ2v) is 2.81. The molecule has 0 aromatic heterocycles. The van der Waals surface area contributed by atoms with Gasteiger partial charge in [-0.05, 0) is 12.3 Å². The number of carboxylic acid groups (broad SMARTS) is 1. The van der Waals surface area contributed by atoms with E-state index in [1.807, 2.05) is 0 Å². The maximum atomic E-state index is 10.8. The number of amides is 1. The van der Waals surface area contributed by atoms with E-state index in [4.69, 9.17) is 5.11 Å². The predicted octanol–water partition coefficient (Wildman–Crippen LogP) is -0.0127. The molecule has 4 heteroatoms. The summed E-state index contributed by atoms with van der Waals surface area (Å²) in [4.78, 5) is 21.0. The fraction of sp³-hybridized carbons (Fsp3) is 0.714. The monoisotopic (exact) mass is 157 g/mol. The molecule has 0 aromatic rings. The standard InChI is InChI=1S/C7H11NO3/c9-6-3-5(1-2-8-6)4-7(10)11/h5H,1-4H2,(H,8,9)(H,10,11). The Labute approximate surface area is 64.6 Å². The Bertz CT molecular complexity index is 177. The number of piperidine rings is 1. The summed E-state index contributed by atoms with van der Waals surface area (Å²) >= 11 is 0. The van der Waals surface area contributed by atoms with Crippen LogP contribution in [-0.4, -0.2) is 23.5 Å². The molecule has 62 valence electrons. The van der Waals surface area contributed by atoms with Gasteiger partial charge < -0.3 is 10.4 Å². The van der Waals surface area contributed by atoms with Gasteiger partial charge in [0.15, 0.2) is 0 Å². The Balaban J connectivity index is 2.34. The maximum Gasteiger partial charge on any atom is 0.303 e. The topological polar surface area (TPSA) is 66.4 Å². The fourth-order valence-electron chi connectivity index (χ4n) is 1.27. The van der Waals surface area contributed by atoms with Crippen molar-refractivity contribution in [3.8, 4) is 0 Å². The summed E-state index contributed by atoms with van der Waals surface area (Å²) in [6, 6.07) is 0. The molecular formula is C7H11NO3. The molecule has 1 saturated heterocycles. The van der Waals surface area contributed by atoms with Crippen LogP contribution in [0.15, 0.2) is 0 Å². The predicted molar refractivity (Wildman–Crippen MR) is 38.0 cm³/mol. The molecule has 1 atom stereocenters. The SMILES string of the molecule is O=C(O)CC1CCNC(=O)C1. The summed E-state index contributed by atoms with van der Waals surface area (Å²) in [5.41, 5.74) is 0. The van der Waals surface area contributed by atoms with Gasteiger partial charge in [-0.1, -0.05) is 0 Å². The van der Waals surface area contributed by atoms with Crippen LogP contribution in [0, 0.1) is 5.92 Å². The van der Waals surface area contributed by atoms with Crippen molar-refractivity contribution in [1.82, 2.24) is 5.32 Å². The third-order valence-corrected chi connectivity index (χ3v) is 1.81. The average molecular weight is 157 g/mol. The first-order chi connectivity index (χ1) is 5.18. The number of aliphatic carboxylic acids is 1. The third-order valence-electron chi connectivity index (χ3n) is 1.81. The van der Waals surface area contributed by atoms with Crippen molar-refractivity contribution in [2.45, 2.75) is 19.3 Å². The van der Waals surface area contributed by atoms with Crippen molar-refractivity contribution in [2.75, 3.05) is 6.54 Å². The minimum absolute atomic E-state index is 0.0255. The molecule has 1 fully saturated rings. The number of hydrogen-bond donors (Lipinski definition) is 2. The van der Waals surface area contributed by atoms with Crippen LogP contribution in [0.1, 0.15) is 19.3 Å². The van der Waals surface area contributed by atoms with Gasteiger partial charge in [0.1, 0.15) is 0 Å². The summed E-state index contributed by atoms with van der Waals surface area (Å²) < 4.78 is 0. The maximum absolute atomic E-state index is 10.8. The lowest BCUT2D eigenvalue weighted by molar-refractivity contribution is -0.138. The van der Waals surface area contributed by atoms with Crippen LogP contribution >= 0.6 is 0 Å². The number of hydrogen-bond acceptors (Lipinski definition) is 2. The molecule has 2 N–H and O–H groups in total. The van der Waals surface area contributed by atoms with Crippen molar-refractivity contribution in [1.29, 1.82) is 0 Å². The van der Waals surface area contributed by atoms with Crippen molar-refractivity contribution < 1.29 is 14.7 Å². The smallest absolute Gasteiger partial charge is 0.303 e. The largest absolute Gasteiger partial charge is 0.481 e. The van der Waals surface area contributed by atoms with Crippen molar-refractivity contribution in [3.63, 3.8) is 0 Å². The summed E-state index contributed by atoms with van der Waals surface area (Å²) in [5.74, 6) is -0.798. The van der Waals surface area contributed by atoms with Gasteiger partial charge in [-0.15, -0.1) is 0 Å². The average Bonchev–Trinajstić information content (AvgIpc) is 1.85. The minimum Gasteiger partial charge on any atom is -0.481 e. The van der Waals surface area contributed by atoms with E-state index in [0.29, 0.717) is 13.0 Å². The second-order valence-electron chi connectivity index (χ2n) is 2.81. The number of carbonyl (C=O) groups excluding carboxylic acids is 1. The van der Waals surface area contributed by atoms with Crippen molar-refractivity contribution in [3.05, 3.63) is 0 Å². The van der Waals surface area contributed by atoms with Crippen LogP contribution in [0.5, 0.6) is 0 Å². The van der Waals surface area contributed by atoms with Gasteiger partial charge >= 0.3 is 5.97 Å². The normalized spacial score (nSPS) is 24.4. The molecular weight excluding hydrogens is 146 g/mol. The number of rotatable bonds is 2. The highest BCUT2D eigenvalue weighted by molar-refractivity contribution is 5.78. The van der Waals surface area contributed by atoms with Crippen LogP contribution < -0.4 is 5.32 Å². The Morgan fingerprint density at radius 2 is 2.45 bits per heavy atom. The molecule has 0 aromatic carbocycles. The highest BCUT2D eigenvalue weighted by Crippen LogP contribution is 2.15. The van der Waals surface area contributed by atoms with Crippen LogP contribution in [0.2, 0.25) is 0 Å². The van der Waals surface area contributed by atoms with E-state index in [0.717, 1.165) is 6.42 Å². The van der Waals surface area contributed by atoms with Crippen LogP contribution in [0.3, 0.4) is 0 Å². The summed E-state index contributed by atoms with van der Waals surface area (Å²) in [7, 11) is 0. The van der Waals surface area contributed by atoms with Gasteiger partial charge in [0.05, 0.1) is 0 Å². The van der Waals surface area contributed by atoms with Crippen molar-refractivity contribution >= 4 is 11.9 Å². The first-order valence-electron chi connectivity index (χ1n) is 3.67. The van der Waals surface area contributed by atoms with Gasteiger partial charge in [-0.2, -0.15) is 0 Å². The third kappa shape index (κ3) is 2.57. The lowest BCUT2D eigenvalue weighted by atomic mass is 9.94. The van der Waals surface area contributed by atoms with E-state index in [2.05, 4.69) is 5.32 Å². The van der Waals surface area contributed by atoms with Gasteiger partial charge in [0.25, 0.3) is 0 Å². The van der Waals surface area contributed by atoms with Gasteiger partial charge in [-0.25, -0.2) is 0 Å². The molecule has 1 amide bonds. The summed E-state index contributed by atoms with van der Waals surface area (Å²) in [5, 5.41) is 11.1. The first-order valence-corrected chi connectivity index (χ1v) is 3.67. The van der Waals surface area contributed by atoms with E-state index in [1.54, 1.807) is 0 Å². The van der Waals surface area contributed by atoms with E-state index in [-0.39, 0.29) is 18.2 Å². The molecule has 0 aliphatic carbocycles. The molecule has 1 unspecified atom stereocenters. The molecule has 0 spiro atoms. The Hall–Kier alpha value is -1.06. The molecule has 11 heavy (non-hydrogen) atoms. The van der Waals surface area contributed by atoms with Gasteiger partial charge in [0.2, 0.25) is 5.91 Å². The lowest BCUT2D eigenvalue weighted by Gasteiger charge is -2.19. The van der Waals surface area contributed by atoms with E-state index < -0.39 is 5.97 Å². The van der Waals surface area contributed by atoms with Crippen LogP contribution in [0.25, 0.3) is 0 Å². The zero-order valence-electron chi connectivity index (χ0n) is 6.17. The zero-order chi connectivity index (χ0) is 8.27. The number of nitrogens with one attached hydrogen (secondary N) is 1. The number of carbonyl (C=O) groups is 2. The van der Waals surface area contributed by atoms with Crippen molar-refractivity contribution in [2.24, 2.45) is 5.92 Å². The second kappa shape index (κ2) is 3.37. The molecule has 1 aliphatic rings. The van der Waals surface area contributed by atoms with Gasteiger partial charge in [0, 0.05) is 19.4 Å². The minimum atomic E-state index is -0.815. The molecule has 4 nitrogen and oxygen atoms in total. The first kappa shape index (κ1) is 8.04. The van der Waals surface area contributed by atoms with Gasteiger partial charge in [-0.3, -0.25) is 9.59 Å². The van der Waals surface area contributed by atoms with E-state index in [9.17, 15) is 9.59 Å². The highest BCUT2D eigenvalue weighted by atomic mass is 16.4. The summed E-state index contributed by atoms with van der Waals surface area (Å²) in [6.07, 6.45) is 1.28. The Morgan fingerprint density at radius 1 is 1.73 bits per heavy atom. The van der Waals surface area contributed by atoms with Crippen LogP contribution in [0.4, 0.5) is 0 Å². The fourth-order valence-corrected chi connectivity index (χ4v) is 1.27. The molecule has 1 rings (SSSR count). The molecule has 0 bridgehead atoms. The summed E-state index contributed by atoms with van der Waals surface area (Å²) in [6.45, 7) is 0.622. The molecule has 1 heterocycles.